The van der Waals surface area contributed by atoms with Crippen LogP contribution in [-0.4, -0.2) is 51.9 Å². The van der Waals surface area contributed by atoms with Gasteiger partial charge in [0.25, 0.3) is 0 Å². The smallest absolute Gasteiger partial charge is 0.243 e. The van der Waals surface area contributed by atoms with Gasteiger partial charge in [-0.1, -0.05) is 12.1 Å². The van der Waals surface area contributed by atoms with Gasteiger partial charge in [0.15, 0.2) is 0 Å². The Morgan fingerprint density at radius 3 is 2.37 bits per heavy atom. The van der Waals surface area contributed by atoms with Gasteiger partial charge in [0.2, 0.25) is 15.9 Å². The second kappa shape index (κ2) is 6.61. The molecule has 1 amide bonds. The molecule has 2 aliphatic rings. The maximum Gasteiger partial charge on any atom is 0.243 e. The number of benzene rings is 2. The number of likely N-dealkylation sites (N-methyl/N-ethyl adjacent to an activating group) is 1. The van der Waals surface area contributed by atoms with Gasteiger partial charge in [-0.15, -0.1) is 0 Å². The molecule has 142 valence electrons. The molecule has 27 heavy (non-hydrogen) atoms. The molecule has 1 saturated heterocycles. The quantitative estimate of drug-likeness (QED) is 0.804. The van der Waals surface area contributed by atoms with Crippen molar-refractivity contribution in [3.8, 4) is 0 Å². The highest BCUT2D eigenvalue weighted by molar-refractivity contribution is 7.89. The molecule has 2 aliphatic heterocycles. The first-order valence-electron chi connectivity index (χ1n) is 8.77. The van der Waals surface area contributed by atoms with E-state index in [9.17, 15) is 17.6 Å². The van der Waals surface area contributed by atoms with E-state index < -0.39 is 10.0 Å². The number of para-hydroxylation sites is 1. The summed E-state index contributed by atoms with van der Waals surface area (Å²) in [6.07, 6.45) is 0.219. The largest absolute Gasteiger partial charge is 0.367 e. The van der Waals surface area contributed by atoms with Gasteiger partial charge in [-0.2, -0.15) is 4.31 Å². The Labute approximate surface area is 157 Å². The van der Waals surface area contributed by atoms with E-state index in [0.717, 1.165) is 11.3 Å². The number of carbonyl (C=O) groups is 1. The highest BCUT2D eigenvalue weighted by atomic mass is 32.2. The second-order valence-corrected chi connectivity index (χ2v) is 8.70. The Bertz CT molecular complexity index is 1000. The Balaban J connectivity index is 1.52. The maximum absolute atomic E-state index is 14.0. The number of nitrogens with zero attached hydrogens (tertiary/aromatic N) is 3. The van der Waals surface area contributed by atoms with Crippen LogP contribution in [0.4, 0.5) is 15.8 Å². The van der Waals surface area contributed by atoms with Crippen LogP contribution in [0.2, 0.25) is 0 Å². The molecule has 4 rings (SSSR count). The number of rotatable bonds is 3. The molecule has 0 atom stereocenters. The van der Waals surface area contributed by atoms with Crippen molar-refractivity contribution >= 4 is 27.3 Å². The summed E-state index contributed by atoms with van der Waals surface area (Å²) in [6, 6.07) is 11.3. The van der Waals surface area contributed by atoms with Crippen LogP contribution in [0.25, 0.3) is 0 Å². The number of carbonyl (C=O) groups excluding carboxylic acids is 1. The van der Waals surface area contributed by atoms with Gasteiger partial charge >= 0.3 is 0 Å². The molecule has 1 fully saturated rings. The Morgan fingerprint density at radius 1 is 0.963 bits per heavy atom. The predicted molar refractivity (Wildman–Crippen MR) is 101 cm³/mol. The molecule has 0 N–H and O–H groups in total. The van der Waals surface area contributed by atoms with Crippen molar-refractivity contribution in [2.45, 2.75) is 11.3 Å². The molecule has 0 spiro atoms. The van der Waals surface area contributed by atoms with Gasteiger partial charge < -0.3 is 9.80 Å². The van der Waals surface area contributed by atoms with Crippen LogP contribution in [0.1, 0.15) is 5.56 Å². The first-order valence-corrected chi connectivity index (χ1v) is 10.2. The van der Waals surface area contributed by atoms with E-state index in [1.54, 1.807) is 48.3 Å². The fourth-order valence-electron chi connectivity index (χ4n) is 3.63. The number of sulfonamides is 1. The van der Waals surface area contributed by atoms with Crippen LogP contribution in [0.3, 0.4) is 0 Å². The molecular formula is C19H20FN3O3S. The zero-order valence-electron chi connectivity index (χ0n) is 14.9. The molecule has 8 heteroatoms. The molecule has 0 unspecified atom stereocenters. The van der Waals surface area contributed by atoms with Crippen molar-refractivity contribution in [2.24, 2.45) is 0 Å². The summed E-state index contributed by atoms with van der Waals surface area (Å²) in [5, 5.41) is 0. The van der Waals surface area contributed by atoms with E-state index in [1.807, 2.05) is 4.90 Å². The van der Waals surface area contributed by atoms with Crippen molar-refractivity contribution in [1.29, 1.82) is 0 Å². The topological polar surface area (TPSA) is 60.9 Å². The molecule has 0 radical (unpaired) electrons. The number of anilines is 2. The third-order valence-corrected chi connectivity index (χ3v) is 7.09. The number of amides is 1. The average Bonchev–Trinajstić information content (AvgIpc) is 2.96. The van der Waals surface area contributed by atoms with Crippen LogP contribution in [0.5, 0.6) is 0 Å². The number of fused-ring (bicyclic) bond motifs is 1. The molecule has 2 aromatic rings. The molecule has 2 aromatic carbocycles. The number of hydrogen-bond donors (Lipinski definition) is 0. The van der Waals surface area contributed by atoms with Crippen LogP contribution in [0.15, 0.2) is 47.4 Å². The van der Waals surface area contributed by atoms with Gasteiger partial charge in [-0.3, -0.25) is 4.79 Å². The molecule has 0 bridgehead atoms. The van der Waals surface area contributed by atoms with E-state index >= 15 is 0 Å². The van der Waals surface area contributed by atoms with E-state index in [1.165, 1.54) is 10.4 Å². The highest BCUT2D eigenvalue weighted by Gasteiger charge is 2.31. The summed E-state index contributed by atoms with van der Waals surface area (Å²) in [5.74, 6) is -0.348. The van der Waals surface area contributed by atoms with Crippen molar-refractivity contribution in [2.75, 3.05) is 43.0 Å². The first-order chi connectivity index (χ1) is 12.9. The van der Waals surface area contributed by atoms with Crippen LogP contribution in [0, 0.1) is 5.82 Å². The fourth-order valence-corrected chi connectivity index (χ4v) is 5.11. The molecule has 0 saturated carbocycles. The minimum Gasteiger partial charge on any atom is -0.367 e. The number of halogens is 1. The number of hydrogen-bond acceptors (Lipinski definition) is 4. The standard InChI is InChI=1S/C19H20FN3O3S/c1-21-17-7-6-15(12-14(17)13-19(21)24)27(25,26)23-10-8-22(9-11-23)18-5-3-2-4-16(18)20/h2-7,12H,8-11,13H2,1H3. The van der Waals surface area contributed by atoms with E-state index in [4.69, 9.17) is 0 Å². The van der Waals surface area contributed by atoms with Gasteiger partial charge in [0.1, 0.15) is 5.82 Å². The molecule has 0 aliphatic carbocycles. The normalized spacial score (nSPS) is 18.1. The van der Waals surface area contributed by atoms with E-state index in [0.29, 0.717) is 18.8 Å². The fraction of sp³-hybridized carbons (Fsp3) is 0.316. The summed E-state index contributed by atoms with van der Waals surface area (Å²) in [5.41, 5.74) is 1.98. The summed E-state index contributed by atoms with van der Waals surface area (Å²) < 4.78 is 41.4. The van der Waals surface area contributed by atoms with Crippen LogP contribution < -0.4 is 9.80 Å². The Hall–Kier alpha value is -2.45. The van der Waals surface area contributed by atoms with Crippen molar-refractivity contribution in [1.82, 2.24) is 4.31 Å². The maximum atomic E-state index is 14.0. The number of piperazine rings is 1. The highest BCUT2D eigenvalue weighted by Crippen LogP contribution is 2.31. The van der Waals surface area contributed by atoms with Crippen molar-refractivity contribution < 1.29 is 17.6 Å². The lowest BCUT2D eigenvalue weighted by Gasteiger charge is -2.35. The summed E-state index contributed by atoms with van der Waals surface area (Å²) in [4.78, 5) is 15.4. The van der Waals surface area contributed by atoms with Crippen molar-refractivity contribution in [3.63, 3.8) is 0 Å². The molecule has 6 nitrogen and oxygen atoms in total. The molecule has 0 aromatic heterocycles. The third-order valence-electron chi connectivity index (χ3n) is 5.20. The zero-order valence-corrected chi connectivity index (χ0v) is 15.7. The SMILES string of the molecule is CN1C(=O)Cc2cc(S(=O)(=O)N3CCN(c4ccccc4F)CC3)ccc21. The lowest BCUT2D eigenvalue weighted by molar-refractivity contribution is -0.117. The van der Waals surface area contributed by atoms with Gasteiger partial charge in [0.05, 0.1) is 17.0 Å². The lowest BCUT2D eigenvalue weighted by atomic mass is 10.2. The van der Waals surface area contributed by atoms with Gasteiger partial charge in [-0.05, 0) is 35.9 Å². The lowest BCUT2D eigenvalue weighted by Crippen LogP contribution is -2.48. The Morgan fingerprint density at radius 2 is 1.67 bits per heavy atom. The minimum atomic E-state index is -3.65. The van der Waals surface area contributed by atoms with Gasteiger partial charge in [-0.25, -0.2) is 12.8 Å². The average molecular weight is 389 g/mol. The van der Waals surface area contributed by atoms with E-state index in [2.05, 4.69) is 0 Å². The molecule has 2 heterocycles. The monoisotopic (exact) mass is 389 g/mol. The third kappa shape index (κ3) is 3.08. The van der Waals surface area contributed by atoms with Crippen LogP contribution in [-0.2, 0) is 21.2 Å². The van der Waals surface area contributed by atoms with Gasteiger partial charge in [0, 0.05) is 38.9 Å². The van der Waals surface area contributed by atoms with E-state index in [-0.39, 0.29) is 36.1 Å². The second-order valence-electron chi connectivity index (χ2n) is 6.76. The summed E-state index contributed by atoms with van der Waals surface area (Å²) >= 11 is 0. The summed E-state index contributed by atoms with van der Waals surface area (Å²) in [6.45, 7) is 1.41. The first kappa shape index (κ1) is 17.9. The van der Waals surface area contributed by atoms with Crippen molar-refractivity contribution in [3.05, 3.63) is 53.8 Å². The van der Waals surface area contributed by atoms with Crippen LogP contribution >= 0.6 is 0 Å². The minimum absolute atomic E-state index is 0.0435. The zero-order chi connectivity index (χ0) is 19.2. The Kier molecular flexibility index (Phi) is 4.39. The molecular weight excluding hydrogens is 369 g/mol. The predicted octanol–water partition coefficient (Wildman–Crippen LogP) is 1.86. The summed E-state index contributed by atoms with van der Waals surface area (Å²) in [7, 11) is -1.97.